The summed E-state index contributed by atoms with van der Waals surface area (Å²) in [5.41, 5.74) is 5.11. The van der Waals surface area contributed by atoms with Crippen molar-refractivity contribution in [2.45, 2.75) is 24.5 Å². The zero-order valence-electron chi connectivity index (χ0n) is 26.4. The number of halogens is 1. The van der Waals surface area contributed by atoms with Crippen LogP contribution < -0.4 is 45.4 Å². The van der Waals surface area contributed by atoms with Gasteiger partial charge in [0.05, 0.1) is 41.9 Å². The molecule has 2 aliphatic rings. The molecule has 0 unspecified atom stereocenters. The number of hydrogen-bond acceptors (Lipinski definition) is 9. The molecule has 0 spiro atoms. The summed E-state index contributed by atoms with van der Waals surface area (Å²) in [6.07, 6.45) is 4.71. The molecule has 8 rings (SSSR count). The Kier molecular flexibility index (Phi) is 8.38. The van der Waals surface area contributed by atoms with Gasteiger partial charge in [0.2, 0.25) is 12.5 Å². The summed E-state index contributed by atoms with van der Waals surface area (Å²) in [6.45, 7) is 1.19. The van der Waals surface area contributed by atoms with Gasteiger partial charge in [-0.25, -0.2) is 13.1 Å². The number of methoxy groups -OCH3 is 2. The van der Waals surface area contributed by atoms with E-state index in [0.717, 1.165) is 46.5 Å². The number of anilines is 1. The fourth-order valence-electron chi connectivity index (χ4n) is 5.99. The summed E-state index contributed by atoms with van der Waals surface area (Å²) in [4.78, 5) is 0.114. The minimum atomic E-state index is -3.79. The Morgan fingerprint density at radius 1 is 0.939 bits per heavy atom. The lowest BCUT2D eigenvalue weighted by Gasteiger charge is -2.17. The molecule has 0 radical (unpaired) electrons. The number of sulfonamides is 1. The number of nitrogens with one attached hydrogen (secondary N) is 1. The average Bonchev–Trinajstić information content (AvgIpc) is 3.79. The quantitative estimate of drug-likeness (QED) is 0.226. The Hall–Kier alpha value is -5.53. The maximum absolute atomic E-state index is 12.9. The fourth-order valence-corrected chi connectivity index (χ4v) is 7.05. The second kappa shape index (κ2) is 12.8. The average molecular weight is 700 g/mol. The van der Waals surface area contributed by atoms with E-state index in [1.807, 2.05) is 12.1 Å². The number of fused-ring (bicyclic) bond motifs is 5. The first kappa shape index (κ1) is 32.0. The van der Waals surface area contributed by atoms with Gasteiger partial charge in [-0.05, 0) is 83.7 Å². The molecule has 2 aliphatic heterocycles. The second-order valence-corrected chi connectivity index (χ2v) is 13.0. The van der Waals surface area contributed by atoms with E-state index in [1.54, 1.807) is 61.5 Å². The lowest BCUT2D eigenvalue weighted by molar-refractivity contribution is -0.686. The number of hydrogen-bond donors (Lipinski definition) is 1. The zero-order chi connectivity index (χ0) is 32.8. The Labute approximate surface area is 288 Å². The van der Waals surface area contributed by atoms with Crippen LogP contribution in [0.15, 0.2) is 96.2 Å². The van der Waals surface area contributed by atoms with Crippen molar-refractivity contribution in [1.82, 2.24) is 15.0 Å². The van der Waals surface area contributed by atoms with Crippen LogP contribution in [-0.4, -0.2) is 44.4 Å². The normalized spacial score (nSPS) is 12.9. The standard InChI is InChI=1S/C35H30N5O7S.ClH/c1-43-27-8-4-24(5-9-27)37-48(41,42)28-10-6-26(7-11-28)40-18-25(36-38-40)20-45-35-30-19-39-14-13-23-16-33-34(47-21-46-33)17-29(23)31(39)15-22(30)3-12-32(35)44-2;/h3-12,15-19,37H,13-14,20-21H2,1-2H3;1H/q+1;/p-1. The summed E-state index contributed by atoms with van der Waals surface area (Å²) in [5.74, 6) is 3.40. The highest BCUT2D eigenvalue weighted by molar-refractivity contribution is 7.92. The molecule has 0 aliphatic carbocycles. The minimum Gasteiger partial charge on any atom is -1.00 e. The van der Waals surface area contributed by atoms with Crippen molar-refractivity contribution in [3.63, 3.8) is 0 Å². The van der Waals surface area contributed by atoms with Crippen LogP contribution in [0, 0.1) is 0 Å². The van der Waals surface area contributed by atoms with Crippen molar-refractivity contribution in [3.8, 4) is 45.7 Å². The molecule has 0 amide bonds. The van der Waals surface area contributed by atoms with E-state index in [4.69, 9.17) is 23.7 Å². The highest BCUT2D eigenvalue weighted by atomic mass is 35.5. The lowest BCUT2D eigenvalue weighted by Crippen LogP contribution is -3.00. The molecule has 0 atom stereocenters. The van der Waals surface area contributed by atoms with Crippen molar-refractivity contribution in [1.29, 1.82) is 0 Å². The van der Waals surface area contributed by atoms with Crippen LogP contribution in [0.5, 0.6) is 28.7 Å². The predicted molar refractivity (Wildman–Crippen MR) is 175 cm³/mol. The predicted octanol–water partition coefficient (Wildman–Crippen LogP) is 2.06. The van der Waals surface area contributed by atoms with E-state index in [2.05, 4.69) is 44.0 Å². The van der Waals surface area contributed by atoms with E-state index in [1.165, 1.54) is 17.7 Å². The molecular weight excluding hydrogens is 670 g/mol. The van der Waals surface area contributed by atoms with Gasteiger partial charge in [-0.2, -0.15) is 4.57 Å². The third-order valence-corrected chi connectivity index (χ3v) is 9.85. The molecule has 49 heavy (non-hydrogen) atoms. The van der Waals surface area contributed by atoms with Crippen LogP contribution in [0.2, 0.25) is 0 Å². The number of rotatable bonds is 9. The van der Waals surface area contributed by atoms with Gasteiger partial charge in [-0.1, -0.05) is 5.21 Å². The van der Waals surface area contributed by atoms with Gasteiger partial charge in [-0.15, -0.1) is 5.10 Å². The smallest absolute Gasteiger partial charge is 0.261 e. The number of benzene rings is 4. The van der Waals surface area contributed by atoms with Crippen LogP contribution in [0.25, 0.3) is 27.7 Å². The molecule has 0 saturated carbocycles. The molecule has 1 N–H and O–H groups in total. The van der Waals surface area contributed by atoms with Crippen molar-refractivity contribution < 1.29 is 49.1 Å². The van der Waals surface area contributed by atoms with Crippen LogP contribution in [0.3, 0.4) is 0 Å². The largest absolute Gasteiger partial charge is 1.00 e. The van der Waals surface area contributed by atoms with Gasteiger partial charge < -0.3 is 36.1 Å². The van der Waals surface area contributed by atoms with Gasteiger partial charge >= 0.3 is 0 Å². The summed E-state index contributed by atoms with van der Waals surface area (Å²) in [6, 6.07) is 23.2. The van der Waals surface area contributed by atoms with Gasteiger partial charge in [0.25, 0.3) is 10.0 Å². The van der Waals surface area contributed by atoms with E-state index < -0.39 is 10.0 Å². The van der Waals surface area contributed by atoms with Gasteiger partial charge in [0.1, 0.15) is 18.1 Å². The maximum Gasteiger partial charge on any atom is 0.261 e. The third-order valence-electron chi connectivity index (χ3n) is 8.46. The number of aryl methyl sites for hydroxylation is 2. The Morgan fingerprint density at radius 2 is 1.71 bits per heavy atom. The summed E-state index contributed by atoms with van der Waals surface area (Å²) < 4.78 is 60.7. The van der Waals surface area contributed by atoms with Crippen LogP contribution >= 0.6 is 0 Å². The lowest BCUT2D eigenvalue weighted by atomic mass is 9.95. The van der Waals surface area contributed by atoms with E-state index in [0.29, 0.717) is 34.3 Å². The molecule has 4 heterocycles. The number of nitrogens with zero attached hydrogens (tertiary/aromatic N) is 4. The van der Waals surface area contributed by atoms with Crippen molar-refractivity contribution in [2.75, 3.05) is 25.7 Å². The molecule has 250 valence electrons. The van der Waals surface area contributed by atoms with Crippen LogP contribution in [0.4, 0.5) is 5.69 Å². The molecule has 6 aromatic rings. The first-order valence-electron chi connectivity index (χ1n) is 15.2. The highest BCUT2D eigenvalue weighted by Gasteiger charge is 2.29. The monoisotopic (exact) mass is 699 g/mol. The summed E-state index contributed by atoms with van der Waals surface area (Å²) in [7, 11) is -0.627. The maximum atomic E-state index is 12.9. The first-order chi connectivity index (χ1) is 23.4. The molecule has 0 bridgehead atoms. The van der Waals surface area contributed by atoms with Gasteiger partial charge in [-0.3, -0.25) is 4.72 Å². The Balaban J connectivity index is 0.00000378. The molecule has 0 saturated heterocycles. The highest BCUT2D eigenvalue weighted by Crippen LogP contribution is 2.42. The van der Waals surface area contributed by atoms with E-state index in [-0.39, 0.29) is 30.7 Å². The number of aromatic nitrogens is 4. The molecule has 0 fully saturated rings. The fraction of sp³-hybridized carbons (Fsp3) is 0.171. The minimum absolute atomic E-state index is 0. The topological polar surface area (TPSA) is 127 Å². The number of pyridine rings is 1. The SMILES string of the molecule is COc1ccc(NS(=O)(=O)c2ccc(-n3cc(COc4c(OC)ccc5cc6[n+](cc45)CCc4cc5c(cc4-6)OCO5)nn3)cc2)cc1.[Cl-]. The Morgan fingerprint density at radius 3 is 2.47 bits per heavy atom. The molecule has 4 aromatic carbocycles. The zero-order valence-corrected chi connectivity index (χ0v) is 28.0. The van der Waals surface area contributed by atoms with Crippen molar-refractivity contribution in [3.05, 3.63) is 103 Å². The molecule has 2 aromatic heterocycles. The van der Waals surface area contributed by atoms with Gasteiger partial charge in [0.15, 0.2) is 35.7 Å². The van der Waals surface area contributed by atoms with E-state index >= 15 is 0 Å². The second-order valence-electron chi connectivity index (χ2n) is 11.3. The van der Waals surface area contributed by atoms with Crippen LogP contribution in [0.1, 0.15) is 11.3 Å². The van der Waals surface area contributed by atoms with E-state index in [9.17, 15) is 8.42 Å². The molecular formula is C35H30ClN5O7S. The molecule has 14 heteroatoms. The first-order valence-corrected chi connectivity index (χ1v) is 16.7. The molecule has 12 nitrogen and oxygen atoms in total. The summed E-state index contributed by atoms with van der Waals surface area (Å²) >= 11 is 0. The van der Waals surface area contributed by atoms with Crippen LogP contribution in [-0.2, 0) is 29.6 Å². The number of ether oxygens (including phenoxy) is 5. The Bertz CT molecular complexity index is 2300. The van der Waals surface area contributed by atoms with Crippen molar-refractivity contribution in [2.24, 2.45) is 0 Å². The summed E-state index contributed by atoms with van der Waals surface area (Å²) in [5, 5.41) is 10.4. The van der Waals surface area contributed by atoms with Crippen molar-refractivity contribution >= 4 is 26.5 Å². The van der Waals surface area contributed by atoms with Gasteiger partial charge in [0, 0.05) is 18.2 Å². The third kappa shape index (κ3) is 6.02.